The number of carbonyl (C=O) groups excluding carboxylic acids is 1. The smallest absolute Gasteiger partial charge is 0.289 e. The van der Waals surface area contributed by atoms with Crippen molar-refractivity contribution in [2.24, 2.45) is 0 Å². The van der Waals surface area contributed by atoms with Crippen molar-refractivity contribution in [1.82, 2.24) is 9.88 Å². The number of nitrogens with zero attached hydrogens (tertiary/aromatic N) is 3. The highest BCUT2D eigenvalue weighted by Gasteiger charge is 2.18. The molecule has 0 aliphatic rings. The highest BCUT2D eigenvalue weighted by atomic mass is 32.1. The Morgan fingerprint density at radius 2 is 1.75 bits per heavy atom. The van der Waals surface area contributed by atoms with E-state index in [9.17, 15) is 4.79 Å². The van der Waals surface area contributed by atoms with Crippen LogP contribution in [-0.4, -0.2) is 36.9 Å². The molecule has 0 radical (unpaired) electrons. The molecule has 0 saturated heterocycles. The Labute approximate surface area is 167 Å². The van der Waals surface area contributed by atoms with Crippen molar-refractivity contribution in [2.75, 3.05) is 26.0 Å². The number of aromatic nitrogens is 1. The number of hydrogen-bond acceptors (Lipinski definition) is 5. The zero-order chi connectivity index (χ0) is 19.7. The van der Waals surface area contributed by atoms with Gasteiger partial charge in [-0.2, -0.15) is 0 Å². The first kappa shape index (κ1) is 18.3. The van der Waals surface area contributed by atoms with Crippen molar-refractivity contribution in [1.29, 1.82) is 0 Å². The van der Waals surface area contributed by atoms with Crippen LogP contribution >= 0.6 is 11.3 Å². The van der Waals surface area contributed by atoms with E-state index in [4.69, 9.17) is 4.42 Å². The summed E-state index contributed by atoms with van der Waals surface area (Å²) in [4.78, 5) is 21.0. The van der Waals surface area contributed by atoms with Crippen LogP contribution in [-0.2, 0) is 6.54 Å². The summed E-state index contributed by atoms with van der Waals surface area (Å²) in [6, 6.07) is 19.6. The van der Waals surface area contributed by atoms with Gasteiger partial charge in [0.1, 0.15) is 0 Å². The summed E-state index contributed by atoms with van der Waals surface area (Å²) in [6.45, 7) is 0.518. The molecule has 1 amide bonds. The average Bonchev–Trinajstić information content (AvgIpc) is 3.34. The van der Waals surface area contributed by atoms with Crippen molar-refractivity contribution >= 4 is 33.1 Å². The quantitative estimate of drug-likeness (QED) is 0.486. The number of para-hydroxylation sites is 1. The van der Waals surface area contributed by atoms with Crippen LogP contribution in [0.15, 0.2) is 65.1 Å². The summed E-state index contributed by atoms with van der Waals surface area (Å²) < 4.78 is 6.92. The molecule has 0 aliphatic carbocycles. The van der Waals surface area contributed by atoms with Crippen LogP contribution in [0.4, 0.5) is 5.69 Å². The summed E-state index contributed by atoms with van der Waals surface area (Å²) in [5, 5.41) is 0.780. The fraction of sp³-hybridized carbons (Fsp3) is 0.182. The fourth-order valence-corrected chi connectivity index (χ4v) is 3.91. The molecule has 2 aromatic carbocycles. The van der Waals surface area contributed by atoms with E-state index in [1.807, 2.05) is 73.6 Å². The number of rotatable bonds is 5. The Morgan fingerprint density at radius 1 is 1.00 bits per heavy atom. The third kappa shape index (κ3) is 3.64. The molecule has 0 spiro atoms. The van der Waals surface area contributed by atoms with E-state index in [1.165, 1.54) is 0 Å². The molecular formula is C22H21N3O2S. The van der Waals surface area contributed by atoms with Gasteiger partial charge in [-0.05, 0) is 42.0 Å². The summed E-state index contributed by atoms with van der Waals surface area (Å²) >= 11 is 1.56. The SMILES string of the molecule is CN(Cc1ccc(N(C)C)cc1)C(=O)c1ccc(-c2nc3ccccc3s2)o1. The van der Waals surface area contributed by atoms with E-state index in [-0.39, 0.29) is 5.91 Å². The van der Waals surface area contributed by atoms with Gasteiger partial charge in [0, 0.05) is 33.4 Å². The Bertz CT molecular complexity index is 1080. The Balaban J connectivity index is 1.48. The summed E-state index contributed by atoms with van der Waals surface area (Å²) in [5.41, 5.74) is 3.13. The molecule has 4 rings (SSSR count). The molecule has 0 bridgehead atoms. The number of carbonyl (C=O) groups is 1. The molecule has 0 aliphatic heterocycles. The minimum absolute atomic E-state index is 0.149. The first-order valence-corrected chi connectivity index (χ1v) is 9.80. The topological polar surface area (TPSA) is 49.6 Å². The zero-order valence-corrected chi connectivity index (χ0v) is 16.9. The number of hydrogen-bond donors (Lipinski definition) is 0. The van der Waals surface area contributed by atoms with Gasteiger partial charge in [-0.1, -0.05) is 24.3 Å². The monoisotopic (exact) mass is 391 g/mol. The second-order valence-electron chi connectivity index (χ2n) is 6.87. The molecule has 6 heteroatoms. The molecule has 28 heavy (non-hydrogen) atoms. The summed E-state index contributed by atoms with van der Waals surface area (Å²) in [7, 11) is 5.79. The van der Waals surface area contributed by atoms with Gasteiger partial charge in [0.25, 0.3) is 5.91 Å². The van der Waals surface area contributed by atoms with Crippen molar-refractivity contribution < 1.29 is 9.21 Å². The third-order valence-electron chi connectivity index (χ3n) is 4.54. The lowest BCUT2D eigenvalue weighted by Crippen LogP contribution is -2.25. The lowest BCUT2D eigenvalue weighted by atomic mass is 10.2. The summed E-state index contributed by atoms with van der Waals surface area (Å²) in [5.74, 6) is 0.791. The number of furan rings is 1. The van der Waals surface area contributed by atoms with E-state index >= 15 is 0 Å². The van der Waals surface area contributed by atoms with E-state index in [1.54, 1.807) is 29.4 Å². The van der Waals surface area contributed by atoms with E-state index < -0.39 is 0 Å². The Hall–Kier alpha value is -3.12. The van der Waals surface area contributed by atoms with Gasteiger partial charge in [0.2, 0.25) is 0 Å². The van der Waals surface area contributed by atoms with E-state index in [0.29, 0.717) is 18.1 Å². The van der Waals surface area contributed by atoms with Crippen molar-refractivity contribution in [2.45, 2.75) is 6.54 Å². The minimum Gasteiger partial charge on any atom is -0.448 e. The molecule has 0 fully saturated rings. The lowest BCUT2D eigenvalue weighted by Gasteiger charge is -2.17. The molecular weight excluding hydrogens is 370 g/mol. The van der Waals surface area contributed by atoms with Crippen LogP contribution in [0.1, 0.15) is 16.1 Å². The second-order valence-corrected chi connectivity index (χ2v) is 7.90. The van der Waals surface area contributed by atoms with Crippen LogP contribution in [0, 0.1) is 0 Å². The maximum Gasteiger partial charge on any atom is 0.289 e. The van der Waals surface area contributed by atoms with Gasteiger partial charge < -0.3 is 14.2 Å². The second kappa shape index (κ2) is 7.48. The largest absolute Gasteiger partial charge is 0.448 e. The molecule has 2 heterocycles. The zero-order valence-electron chi connectivity index (χ0n) is 16.0. The number of benzene rings is 2. The summed E-state index contributed by atoms with van der Waals surface area (Å²) in [6.07, 6.45) is 0. The fourth-order valence-electron chi connectivity index (χ4n) is 2.98. The Morgan fingerprint density at radius 3 is 2.46 bits per heavy atom. The van der Waals surface area contributed by atoms with Crippen LogP contribution in [0.5, 0.6) is 0 Å². The predicted molar refractivity (Wildman–Crippen MR) is 114 cm³/mol. The van der Waals surface area contributed by atoms with Crippen molar-refractivity contribution in [3.05, 3.63) is 72.0 Å². The molecule has 4 aromatic rings. The molecule has 142 valence electrons. The molecule has 0 atom stereocenters. The van der Waals surface area contributed by atoms with Gasteiger partial charge in [0.15, 0.2) is 16.5 Å². The number of anilines is 1. The predicted octanol–water partition coefficient (Wildman–Crippen LogP) is 4.89. The van der Waals surface area contributed by atoms with Crippen LogP contribution in [0.3, 0.4) is 0 Å². The standard InChI is InChI=1S/C22H21N3O2S/c1-24(2)16-10-8-15(9-11-16)14-25(3)22(26)19-13-12-18(27-19)21-23-17-6-4-5-7-20(17)28-21/h4-13H,14H2,1-3H3. The van der Waals surface area contributed by atoms with Crippen molar-refractivity contribution in [3.63, 3.8) is 0 Å². The Kier molecular flexibility index (Phi) is 4.88. The molecule has 0 saturated carbocycles. The first-order chi connectivity index (χ1) is 13.5. The normalized spacial score (nSPS) is 11.0. The minimum atomic E-state index is -0.149. The number of fused-ring (bicyclic) bond motifs is 1. The lowest BCUT2D eigenvalue weighted by molar-refractivity contribution is 0.0754. The molecule has 5 nitrogen and oxygen atoms in total. The van der Waals surface area contributed by atoms with Crippen LogP contribution in [0.2, 0.25) is 0 Å². The maximum absolute atomic E-state index is 12.7. The average molecular weight is 391 g/mol. The maximum atomic E-state index is 12.7. The molecule has 0 N–H and O–H groups in total. The van der Waals surface area contributed by atoms with Crippen LogP contribution in [0.25, 0.3) is 21.0 Å². The van der Waals surface area contributed by atoms with Gasteiger partial charge in [-0.15, -0.1) is 11.3 Å². The van der Waals surface area contributed by atoms with Gasteiger partial charge in [-0.3, -0.25) is 4.79 Å². The van der Waals surface area contributed by atoms with Gasteiger partial charge in [0.05, 0.1) is 10.2 Å². The van der Waals surface area contributed by atoms with Gasteiger partial charge in [-0.25, -0.2) is 4.98 Å². The van der Waals surface area contributed by atoms with Gasteiger partial charge >= 0.3 is 0 Å². The van der Waals surface area contributed by atoms with Crippen molar-refractivity contribution in [3.8, 4) is 10.8 Å². The van der Waals surface area contributed by atoms with Crippen LogP contribution < -0.4 is 4.90 Å². The highest BCUT2D eigenvalue weighted by Crippen LogP contribution is 2.31. The number of amides is 1. The van der Waals surface area contributed by atoms with E-state index in [0.717, 1.165) is 26.5 Å². The number of thiazole rings is 1. The third-order valence-corrected chi connectivity index (χ3v) is 5.59. The molecule has 2 aromatic heterocycles. The highest BCUT2D eigenvalue weighted by molar-refractivity contribution is 7.21. The first-order valence-electron chi connectivity index (χ1n) is 8.99. The molecule has 0 unspecified atom stereocenters. The van der Waals surface area contributed by atoms with E-state index in [2.05, 4.69) is 4.98 Å².